The van der Waals surface area contributed by atoms with Gasteiger partial charge in [-0.2, -0.15) is 0 Å². The number of benzene rings is 2. The van der Waals surface area contributed by atoms with Gasteiger partial charge in [-0.1, -0.05) is 74.0 Å². The van der Waals surface area contributed by atoms with E-state index in [1.165, 1.54) is 11.1 Å². The number of hydrogen-bond acceptors (Lipinski definition) is 2. The van der Waals surface area contributed by atoms with Crippen LogP contribution in [-0.4, -0.2) is 41.5 Å². The average molecular weight is 343 g/mol. The third kappa shape index (κ3) is 4.18. The highest BCUT2D eigenvalue weighted by Gasteiger charge is 2.28. The molecular formula is C21H27ClN2. The Bertz CT molecular complexity index is 554. The fraction of sp³-hybridized carbons (Fsp3) is 0.429. The summed E-state index contributed by atoms with van der Waals surface area (Å²) in [5.41, 5.74) is 2.92. The largest absolute Gasteiger partial charge is 0.290 e. The van der Waals surface area contributed by atoms with Crippen molar-refractivity contribution >= 4 is 11.6 Å². The normalized spacial score (nSPS) is 18.0. The van der Waals surface area contributed by atoms with Gasteiger partial charge in [-0.15, -0.1) is 11.6 Å². The van der Waals surface area contributed by atoms with Gasteiger partial charge in [-0.3, -0.25) is 9.80 Å². The molecule has 2 nitrogen and oxygen atoms in total. The van der Waals surface area contributed by atoms with Gasteiger partial charge in [-0.05, 0) is 17.5 Å². The standard InChI is InChI=1S/C21H27ClN2/c1-2-9-20(22)23-14-16-24(17-15-23)21(18-10-5-3-6-11-18)19-12-7-4-8-13-19/h3-8,10-13,20-21H,2,9,14-17H2,1H3. The van der Waals surface area contributed by atoms with Crippen LogP contribution in [0.3, 0.4) is 0 Å². The van der Waals surface area contributed by atoms with Gasteiger partial charge in [0.05, 0.1) is 11.5 Å². The molecule has 1 saturated heterocycles. The van der Waals surface area contributed by atoms with E-state index in [1.807, 2.05) is 0 Å². The molecule has 1 unspecified atom stereocenters. The summed E-state index contributed by atoms with van der Waals surface area (Å²) in [7, 11) is 0. The highest BCUT2D eigenvalue weighted by Crippen LogP contribution is 2.30. The van der Waals surface area contributed by atoms with Gasteiger partial charge in [0, 0.05) is 26.2 Å². The van der Waals surface area contributed by atoms with Crippen molar-refractivity contribution in [1.29, 1.82) is 0 Å². The first-order valence-electron chi connectivity index (χ1n) is 9.01. The Hall–Kier alpha value is -1.35. The number of alkyl halides is 1. The van der Waals surface area contributed by atoms with E-state index in [-0.39, 0.29) is 5.50 Å². The van der Waals surface area contributed by atoms with Crippen molar-refractivity contribution in [1.82, 2.24) is 9.80 Å². The second kappa shape index (κ2) is 8.66. The summed E-state index contributed by atoms with van der Waals surface area (Å²) < 4.78 is 0. The lowest BCUT2D eigenvalue weighted by Gasteiger charge is -2.41. The molecule has 0 aliphatic carbocycles. The smallest absolute Gasteiger partial charge is 0.0851 e. The molecule has 0 saturated carbocycles. The summed E-state index contributed by atoms with van der Waals surface area (Å²) in [4.78, 5) is 5.02. The predicted octanol–water partition coefficient (Wildman–Crippen LogP) is 4.76. The maximum Gasteiger partial charge on any atom is 0.0851 e. The van der Waals surface area contributed by atoms with Crippen molar-refractivity contribution in [3.63, 3.8) is 0 Å². The van der Waals surface area contributed by atoms with E-state index < -0.39 is 0 Å². The average Bonchev–Trinajstić information content (AvgIpc) is 2.64. The van der Waals surface area contributed by atoms with Crippen LogP contribution >= 0.6 is 11.6 Å². The Morgan fingerprint density at radius 1 is 0.792 bits per heavy atom. The van der Waals surface area contributed by atoms with E-state index in [0.717, 1.165) is 39.0 Å². The Kier molecular flexibility index (Phi) is 6.30. The maximum atomic E-state index is 6.53. The molecule has 0 amide bonds. The fourth-order valence-corrected chi connectivity index (χ4v) is 3.99. The minimum absolute atomic E-state index is 0.184. The first kappa shape index (κ1) is 17.5. The van der Waals surface area contributed by atoms with Crippen LogP contribution in [0.15, 0.2) is 60.7 Å². The van der Waals surface area contributed by atoms with Gasteiger partial charge in [0.2, 0.25) is 0 Å². The molecule has 1 aliphatic rings. The lowest BCUT2D eigenvalue weighted by atomic mass is 9.96. The lowest BCUT2D eigenvalue weighted by Crippen LogP contribution is -2.50. The topological polar surface area (TPSA) is 6.48 Å². The Morgan fingerprint density at radius 2 is 1.25 bits per heavy atom. The van der Waals surface area contributed by atoms with Crippen LogP contribution < -0.4 is 0 Å². The highest BCUT2D eigenvalue weighted by molar-refractivity contribution is 6.20. The van der Waals surface area contributed by atoms with Gasteiger partial charge < -0.3 is 0 Å². The molecule has 0 spiro atoms. The summed E-state index contributed by atoms with van der Waals surface area (Å²) in [6.45, 7) is 6.41. The number of rotatable bonds is 6. The second-order valence-electron chi connectivity index (χ2n) is 6.52. The summed E-state index contributed by atoms with van der Waals surface area (Å²) in [5, 5.41) is 0. The Balaban J connectivity index is 1.76. The molecule has 1 fully saturated rings. The molecule has 24 heavy (non-hydrogen) atoms. The molecule has 0 bridgehead atoms. The molecule has 1 atom stereocenters. The zero-order chi connectivity index (χ0) is 16.8. The number of piperazine rings is 1. The van der Waals surface area contributed by atoms with Crippen LogP contribution in [0.25, 0.3) is 0 Å². The molecule has 3 heteroatoms. The van der Waals surface area contributed by atoms with Crippen molar-refractivity contribution in [2.75, 3.05) is 26.2 Å². The van der Waals surface area contributed by atoms with E-state index >= 15 is 0 Å². The first-order valence-corrected chi connectivity index (χ1v) is 9.45. The molecule has 0 radical (unpaired) electrons. The third-order valence-electron chi connectivity index (χ3n) is 4.87. The second-order valence-corrected chi connectivity index (χ2v) is 7.02. The van der Waals surface area contributed by atoms with Gasteiger partial charge in [0.1, 0.15) is 0 Å². The Morgan fingerprint density at radius 3 is 1.71 bits per heavy atom. The van der Waals surface area contributed by atoms with Crippen LogP contribution in [0, 0.1) is 0 Å². The molecule has 1 heterocycles. The number of hydrogen-bond donors (Lipinski definition) is 0. The Labute approximate surface area is 151 Å². The van der Waals surface area contributed by atoms with E-state index in [9.17, 15) is 0 Å². The van der Waals surface area contributed by atoms with E-state index in [2.05, 4.69) is 77.4 Å². The van der Waals surface area contributed by atoms with Crippen molar-refractivity contribution in [3.8, 4) is 0 Å². The number of nitrogens with zero attached hydrogens (tertiary/aromatic N) is 2. The zero-order valence-corrected chi connectivity index (χ0v) is 15.2. The van der Waals surface area contributed by atoms with Crippen molar-refractivity contribution in [3.05, 3.63) is 71.8 Å². The molecule has 3 rings (SSSR count). The molecule has 0 aromatic heterocycles. The molecule has 2 aromatic rings. The summed E-state index contributed by atoms with van der Waals surface area (Å²) in [6.07, 6.45) is 2.22. The molecule has 128 valence electrons. The van der Waals surface area contributed by atoms with Gasteiger partial charge in [-0.25, -0.2) is 0 Å². The summed E-state index contributed by atoms with van der Waals surface area (Å²) in [6, 6.07) is 22.0. The van der Waals surface area contributed by atoms with Crippen molar-refractivity contribution < 1.29 is 0 Å². The lowest BCUT2D eigenvalue weighted by molar-refractivity contribution is 0.0979. The van der Waals surface area contributed by atoms with E-state index in [4.69, 9.17) is 11.6 Å². The van der Waals surface area contributed by atoms with Crippen LogP contribution in [0.5, 0.6) is 0 Å². The maximum absolute atomic E-state index is 6.53. The van der Waals surface area contributed by atoms with Crippen LogP contribution in [-0.2, 0) is 0 Å². The minimum atomic E-state index is 0.184. The van der Waals surface area contributed by atoms with Gasteiger partial charge in [0.15, 0.2) is 0 Å². The monoisotopic (exact) mass is 342 g/mol. The molecule has 1 aliphatic heterocycles. The van der Waals surface area contributed by atoms with E-state index in [1.54, 1.807) is 0 Å². The van der Waals surface area contributed by atoms with Crippen LogP contribution in [0.1, 0.15) is 36.9 Å². The predicted molar refractivity (Wildman–Crippen MR) is 102 cm³/mol. The van der Waals surface area contributed by atoms with Gasteiger partial charge in [0.25, 0.3) is 0 Å². The summed E-state index contributed by atoms with van der Waals surface area (Å²) >= 11 is 6.53. The SMILES string of the molecule is CCCC(Cl)N1CCN(C(c2ccccc2)c2ccccc2)CC1. The molecule has 2 aromatic carbocycles. The van der Waals surface area contributed by atoms with E-state index in [0.29, 0.717) is 6.04 Å². The zero-order valence-electron chi connectivity index (χ0n) is 14.4. The van der Waals surface area contributed by atoms with Crippen molar-refractivity contribution in [2.45, 2.75) is 31.3 Å². The quantitative estimate of drug-likeness (QED) is 0.551. The van der Waals surface area contributed by atoms with Crippen LogP contribution in [0.4, 0.5) is 0 Å². The molecule has 0 N–H and O–H groups in total. The highest BCUT2D eigenvalue weighted by atomic mass is 35.5. The summed E-state index contributed by atoms with van der Waals surface area (Å²) in [5.74, 6) is 0. The number of halogens is 1. The third-order valence-corrected chi connectivity index (χ3v) is 5.36. The van der Waals surface area contributed by atoms with Crippen molar-refractivity contribution in [2.24, 2.45) is 0 Å². The van der Waals surface area contributed by atoms with Crippen LogP contribution in [0.2, 0.25) is 0 Å². The first-order chi connectivity index (χ1) is 11.8. The minimum Gasteiger partial charge on any atom is -0.290 e. The molecular weight excluding hydrogens is 316 g/mol. The fourth-order valence-electron chi connectivity index (χ4n) is 3.58. The van der Waals surface area contributed by atoms with Gasteiger partial charge >= 0.3 is 0 Å².